The lowest BCUT2D eigenvalue weighted by Gasteiger charge is -2.11. The van der Waals surface area contributed by atoms with Crippen molar-refractivity contribution in [2.24, 2.45) is 0 Å². The molecule has 0 aliphatic rings. The standard InChI is InChI=1S/C18H19N3O4S/c1-2-13-7-9-14(10-8-13)26(24,25)19-11-12-21-16-6-4-3-5-15(16)20-17(22)18(21)23/h3-10,19H,2,11-12H2,1H3,(H,20,22). The Hall–Kier alpha value is -2.71. The van der Waals surface area contributed by atoms with Gasteiger partial charge in [0.2, 0.25) is 10.0 Å². The molecule has 7 nitrogen and oxygen atoms in total. The third kappa shape index (κ3) is 3.61. The van der Waals surface area contributed by atoms with Crippen LogP contribution in [0.1, 0.15) is 12.5 Å². The summed E-state index contributed by atoms with van der Waals surface area (Å²) in [6.45, 7) is 2.03. The van der Waals surface area contributed by atoms with E-state index in [4.69, 9.17) is 0 Å². The number of H-pyrrole nitrogens is 1. The lowest BCUT2D eigenvalue weighted by atomic mass is 10.2. The van der Waals surface area contributed by atoms with E-state index in [0.717, 1.165) is 12.0 Å². The Kier molecular flexibility index (Phi) is 5.06. The van der Waals surface area contributed by atoms with Crippen LogP contribution in [0.15, 0.2) is 63.0 Å². The summed E-state index contributed by atoms with van der Waals surface area (Å²) in [4.78, 5) is 26.6. The van der Waals surface area contributed by atoms with Gasteiger partial charge in [0, 0.05) is 13.1 Å². The predicted octanol–water partition coefficient (Wildman–Crippen LogP) is 1.23. The van der Waals surface area contributed by atoms with Crippen molar-refractivity contribution in [1.29, 1.82) is 0 Å². The minimum Gasteiger partial charge on any atom is -0.316 e. The van der Waals surface area contributed by atoms with Crippen molar-refractivity contribution in [1.82, 2.24) is 14.3 Å². The van der Waals surface area contributed by atoms with E-state index in [9.17, 15) is 18.0 Å². The van der Waals surface area contributed by atoms with Gasteiger partial charge in [0.1, 0.15) is 0 Å². The maximum absolute atomic E-state index is 12.4. The van der Waals surface area contributed by atoms with E-state index in [1.807, 2.05) is 6.92 Å². The average molecular weight is 373 g/mol. The zero-order chi connectivity index (χ0) is 18.7. The molecule has 0 aliphatic carbocycles. The first-order valence-electron chi connectivity index (χ1n) is 8.23. The molecule has 0 saturated heterocycles. The van der Waals surface area contributed by atoms with Crippen molar-refractivity contribution in [3.63, 3.8) is 0 Å². The van der Waals surface area contributed by atoms with Crippen molar-refractivity contribution in [3.8, 4) is 0 Å². The van der Waals surface area contributed by atoms with Crippen LogP contribution in [-0.2, 0) is 23.0 Å². The summed E-state index contributed by atoms with van der Waals surface area (Å²) in [6, 6.07) is 13.5. The highest BCUT2D eigenvalue weighted by molar-refractivity contribution is 7.89. The molecule has 0 amide bonds. The minimum atomic E-state index is -3.68. The van der Waals surface area contributed by atoms with Gasteiger partial charge in [-0.15, -0.1) is 0 Å². The van der Waals surface area contributed by atoms with Gasteiger partial charge in [0.25, 0.3) is 0 Å². The number of aryl methyl sites for hydroxylation is 1. The molecule has 136 valence electrons. The number of para-hydroxylation sites is 2. The summed E-state index contributed by atoms with van der Waals surface area (Å²) in [7, 11) is -3.68. The summed E-state index contributed by atoms with van der Waals surface area (Å²) < 4.78 is 28.5. The molecule has 0 spiro atoms. The molecule has 26 heavy (non-hydrogen) atoms. The molecule has 0 aliphatic heterocycles. The van der Waals surface area contributed by atoms with E-state index in [1.54, 1.807) is 48.5 Å². The molecule has 8 heteroatoms. The molecule has 1 aromatic heterocycles. The number of hydrogen-bond donors (Lipinski definition) is 2. The second kappa shape index (κ2) is 7.27. The molecular weight excluding hydrogens is 354 g/mol. The van der Waals surface area contributed by atoms with Crippen LogP contribution >= 0.6 is 0 Å². The number of fused-ring (bicyclic) bond motifs is 1. The second-order valence-electron chi connectivity index (χ2n) is 5.82. The van der Waals surface area contributed by atoms with Gasteiger partial charge in [-0.1, -0.05) is 31.2 Å². The van der Waals surface area contributed by atoms with Crippen molar-refractivity contribution >= 4 is 21.1 Å². The number of benzene rings is 2. The van der Waals surface area contributed by atoms with E-state index in [1.165, 1.54) is 4.57 Å². The molecule has 3 rings (SSSR count). The number of rotatable bonds is 6. The van der Waals surface area contributed by atoms with Gasteiger partial charge < -0.3 is 9.55 Å². The van der Waals surface area contributed by atoms with Gasteiger partial charge in [-0.3, -0.25) is 9.59 Å². The molecule has 1 heterocycles. The monoisotopic (exact) mass is 373 g/mol. The Morgan fingerprint density at radius 2 is 1.73 bits per heavy atom. The van der Waals surface area contributed by atoms with Crippen LogP contribution in [0.4, 0.5) is 0 Å². The normalized spacial score (nSPS) is 11.7. The van der Waals surface area contributed by atoms with Crippen molar-refractivity contribution in [2.45, 2.75) is 24.8 Å². The Morgan fingerprint density at radius 1 is 1.04 bits per heavy atom. The van der Waals surface area contributed by atoms with E-state index >= 15 is 0 Å². The fourth-order valence-electron chi connectivity index (χ4n) is 2.72. The second-order valence-corrected chi connectivity index (χ2v) is 7.59. The van der Waals surface area contributed by atoms with E-state index in [-0.39, 0.29) is 18.0 Å². The highest BCUT2D eigenvalue weighted by Crippen LogP contribution is 2.11. The van der Waals surface area contributed by atoms with Gasteiger partial charge in [-0.25, -0.2) is 13.1 Å². The predicted molar refractivity (Wildman–Crippen MR) is 99.8 cm³/mol. The van der Waals surface area contributed by atoms with Gasteiger partial charge in [-0.2, -0.15) is 0 Å². The highest BCUT2D eigenvalue weighted by Gasteiger charge is 2.14. The molecule has 2 N–H and O–H groups in total. The first-order valence-corrected chi connectivity index (χ1v) is 9.71. The third-order valence-corrected chi connectivity index (χ3v) is 5.63. The lowest BCUT2D eigenvalue weighted by molar-refractivity contribution is 0.572. The zero-order valence-corrected chi connectivity index (χ0v) is 15.0. The first-order chi connectivity index (χ1) is 12.4. The highest BCUT2D eigenvalue weighted by atomic mass is 32.2. The summed E-state index contributed by atoms with van der Waals surface area (Å²) in [5, 5.41) is 0. The third-order valence-electron chi connectivity index (χ3n) is 4.15. The summed E-state index contributed by atoms with van der Waals surface area (Å²) >= 11 is 0. The van der Waals surface area contributed by atoms with Crippen molar-refractivity contribution in [2.75, 3.05) is 6.54 Å². The molecule has 0 bridgehead atoms. The molecular formula is C18H19N3O4S. The number of aromatic nitrogens is 2. The molecule has 0 saturated carbocycles. The molecule has 3 aromatic rings. The average Bonchev–Trinajstić information content (AvgIpc) is 2.65. The van der Waals surface area contributed by atoms with Gasteiger partial charge in [-0.05, 0) is 36.2 Å². The Labute approximate surface area is 150 Å². The Bertz CT molecular complexity index is 1150. The lowest BCUT2D eigenvalue weighted by Crippen LogP contribution is -2.39. The number of nitrogens with one attached hydrogen (secondary N) is 2. The Morgan fingerprint density at radius 3 is 2.42 bits per heavy atom. The smallest absolute Gasteiger partial charge is 0.316 e. The minimum absolute atomic E-state index is 0.00871. The van der Waals surface area contributed by atoms with Gasteiger partial charge in [0.05, 0.1) is 15.9 Å². The number of nitrogens with zero attached hydrogens (tertiary/aromatic N) is 1. The van der Waals surface area contributed by atoms with Crippen LogP contribution in [0, 0.1) is 0 Å². The molecule has 0 fully saturated rings. The molecule has 2 aromatic carbocycles. The van der Waals surface area contributed by atoms with Crippen LogP contribution < -0.4 is 15.8 Å². The fourth-order valence-corrected chi connectivity index (χ4v) is 3.74. The maximum Gasteiger partial charge on any atom is 0.316 e. The summed E-state index contributed by atoms with van der Waals surface area (Å²) in [5.74, 6) is 0. The van der Waals surface area contributed by atoms with E-state index in [0.29, 0.717) is 11.0 Å². The van der Waals surface area contributed by atoms with Gasteiger partial charge in [0.15, 0.2) is 0 Å². The molecule has 0 unspecified atom stereocenters. The number of hydrogen-bond acceptors (Lipinski definition) is 4. The first kappa shape index (κ1) is 18.1. The van der Waals surface area contributed by atoms with Crippen LogP contribution in [-0.4, -0.2) is 24.5 Å². The summed E-state index contributed by atoms with van der Waals surface area (Å²) in [5.41, 5.74) is 0.668. The summed E-state index contributed by atoms with van der Waals surface area (Å²) in [6.07, 6.45) is 0.826. The fraction of sp³-hybridized carbons (Fsp3) is 0.222. The number of aromatic amines is 1. The van der Waals surface area contributed by atoms with Gasteiger partial charge >= 0.3 is 11.1 Å². The van der Waals surface area contributed by atoms with Crippen LogP contribution in [0.2, 0.25) is 0 Å². The zero-order valence-electron chi connectivity index (χ0n) is 14.2. The van der Waals surface area contributed by atoms with E-state index in [2.05, 4.69) is 9.71 Å². The quantitative estimate of drug-likeness (QED) is 0.635. The molecule has 0 radical (unpaired) electrons. The Balaban J connectivity index is 1.81. The van der Waals surface area contributed by atoms with Crippen molar-refractivity contribution < 1.29 is 8.42 Å². The van der Waals surface area contributed by atoms with Crippen molar-refractivity contribution in [3.05, 3.63) is 74.8 Å². The maximum atomic E-state index is 12.4. The van der Waals surface area contributed by atoms with Crippen LogP contribution in [0.5, 0.6) is 0 Å². The number of sulfonamides is 1. The topological polar surface area (TPSA) is 101 Å². The van der Waals surface area contributed by atoms with Crippen LogP contribution in [0.25, 0.3) is 11.0 Å². The van der Waals surface area contributed by atoms with Crippen LogP contribution in [0.3, 0.4) is 0 Å². The SMILES string of the molecule is CCc1ccc(S(=O)(=O)NCCn2c(=O)c(=O)[nH]c3ccccc32)cc1. The largest absolute Gasteiger partial charge is 0.316 e. The van der Waals surface area contributed by atoms with E-state index < -0.39 is 21.1 Å². The molecule has 0 atom stereocenters.